The molecule has 1 aliphatic heterocycles. The Morgan fingerprint density at radius 2 is 2.08 bits per heavy atom. The fourth-order valence-electron chi connectivity index (χ4n) is 2.77. The second-order valence-corrected chi connectivity index (χ2v) is 6.69. The lowest BCUT2D eigenvalue weighted by atomic mass is 9.91. The van der Waals surface area contributed by atoms with Crippen LogP contribution in [0.4, 0.5) is 23.7 Å². The molecule has 1 heterocycles. The third kappa shape index (κ3) is 5.69. The van der Waals surface area contributed by atoms with Gasteiger partial charge in [0, 0.05) is 24.2 Å². The number of carbonyl (C=O) groups is 2. The summed E-state index contributed by atoms with van der Waals surface area (Å²) >= 11 is 5.78. The number of amides is 2. The molecule has 1 aromatic rings. The molecule has 6 nitrogen and oxygen atoms in total. The number of ether oxygens (including phenoxy) is 1. The fraction of sp³-hybridized carbons (Fsp3) is 0.500. The van der Waals surface area contributed by atoms with E-state index >= 15 is 0 Å². The fourth-order valence-corrected chi connectivity index (χ4v) is 2.93. The van der Waals surface area contributed by atoms with Crippen molar-refractivity contribution in [1.29, 1.82) is 0 Å². The summed E-state index contributed by atoms with van der Waals surface area (Å²) in [5.41, 5.74) is 0.0220. The highest BCUT2D eigenvalue weighted by Crippen LogP contribution is 2.31. The summed E-state index contributed by atoms with van der Waals surface area (Å²) in [6, 6.07) is 3.29. The Morgan fingerprint density at radius 1 is 1.38 bits per heavy atom. The van der Waals surface area contributed by atoms with Gasteiger partial charge in [-0.05, 0) is 24.5 Å². The number of carboxylic acids is 1. The Morgan fingerprint density at radius 3 is 2.69 bits per heavy atom. The van der Waals surface area contributed by atoms with Gasteiger partial charge in [0.05, 0.1) is 11.6 Å². The smallest absolute Gasteiger partial charge is 0.422 e. The van der Waals surface area contributed by atoms with E-state index < -0.39 is 30.7 Å². The quantitative estimate of drug-likeness (QED) is 0.812. The van der Waals surface area contributed by atoms with E-state index in [1.54, 1.807) is 0 Å². The first-order chi connectivity index (χ1) is 12.0. The predicted octanol–water partition coefficient (Wildman–Crippen LogP) is 3.86. The number of anilines is 1. The molecule has 144 valence electrons. The van der Waals surface area contributed by atoms with Crippen LogP contribution in [0, 0.1) is 11.8 Å². The van der Waals surface area contributed by atoms with Gasteiger partial charge in [-0.15, -0.1) is 0 Å². The van der Waals surface area contributed by atoms with Gasteiger partial charge in [0.15, 0.2) is 6.61 Å². The van der Waals surface area contributed by atoms with Gasteiger partial charge >= 0.3 is 18.2 Å². The summed E-state index contributed by atoms with van der Waals surface area (Å²) < 4.78 is 41.9. The molecule has 2 amide bonds. The minimum atomic E-state index is -4.54. The van der Waals surface area contributed by atoms with Crippen LogP contribution in [0.3, 0.4) is 0 Å². The number of piperidine rings is 1. The normalized spacial score (nSPS) is 20.6. The molecule has 1 aromatic carbocycles. The molecule has 26 heavy (non-hydrogen) atoms. The van der Waals surface area contributed by atoms with E-state index in [2.05, 4.69) is 5.32 Å². The molecule has 0 aliphatic carbocycles. The average molecular weight is 395 g/mol. The second-order valence-electron chi connectivity index (χ2n) is 6.26. The van der Waals surface area contributed by atoms with Gasteiger partial charge in [0.25, 0.3) is 0 Å². The molecule has 10 heteroatoms. The van der Waals surface area contributed by atoms with E-state index in [4.69, 9.17) is 21.4 Å². The first-order valence-electron chi connectivity index (χ1n) is 7.83. The number of carboxylic acid groups (broad SMARTS) is 1. The number of nitrogens with one attached hydrogen (secondary N) is 1. The van der Waals surface area contributed by atoms with E-state index in [1.165, 1.54) is 23.1 Å². The molecule has 2 unspecified atom stereocenters. The van der Waals surface area contributed by atoms with Gasteiger partial charge < -0.3 is 20.1 Å². The van der Waals surface area contributed by atoms with Crippen LogP contribution < -0.4 is 10.1 Å². The van der Waals surface area contributed by atoms with Crippen LogP contribution >= 0.6 is 11.6 Å². The number of hydrogen-bond donors (Lipinski definition) is 2. The number of carbonyl (C=O) groups excluding carboxylic acids is 1. The molecule has 2 rings (SSSR count). The molecule has 1 aliphatic rings. The summed E-state index contributed by atoms with van der Waals surface area (Å²) in [6.07, 6.45) is -4.08. The first-order valence-corrected chi connectivity index (χ1v) is 8.21. The highest BCUT2D eigenvalue weighted by molar-refractivity contribution is 6.30. The summed E-state index contributed by atoms with van der Waals surface area (Å²) in [4.78, 5) is 25.0. The van der Waals surface area contributed by atoms with Crippen molar-refractivity contribution in [2.45, 2.75) is 19.5 Å². The lowest BCUT2D eigenvalue weighted by Gasteiger charge is -2.34. The van der Waals surface area contributed by atoms with E-state index in [9.17, 15) is 22.8 Å². The third-order valence-electron chi connectivity index (χ3n) is 3.87. The molecule has 0 bridgehead atoms. The maximum absolute atomic E-state index is 12.4. The Bertz CT molecular complexity index is 684. The predicted molar refractivity (Wildman–Crippen MR) is 88.5 cm³/mol. The van der Waals surface area contributed by atoms with Crippen molar-refractivity contribution in [3.8, 4) is 5.75 Å². The van der Waals surface area contributed by atoms with Crippen molar-refractivity contribution in [3.63, 3.8) is 0 Å². The Kier molecular flexibility index (Phi) is 6.22. The Labute approximate surface area is 152 Å². The Hall–Kier alpha value is -2.16. The molecule has 2 N–H and O–H groups in total. The van der Waals surface area contributed by atoms with E-state index in [0.29, 0.717) is 13.0 Å². The molecule has 0 aromatic heterocycles. The zero-order valence-corrected chi connectivity index (χ0v) is 14.6. The van der Waals surface area contributed by atoms with Crippen molar-refractivity contribution in [1.82, 2.24) is 4.90 Å². The van der Waals surface area contributed by atoms with Gasteiger partial charge in [0.2, 0.25) is 0 Å². The highest BCUT2D eigenvalue weighted by atomic mass is 35.5. The van der Waals surface area contributed by atoms with Gasteiger partial charge in [-0.25, -0.2) is 4.79 Å². The molecule has 1 saturated heterocycles. The number of rotatable bonds is 4. The zero-order chi connectivity index (χ0) is 19.5. The topological polar surface area (TPSA) is 78.9 Å². The number of halogens is 4. The molecule has 1 fully saturated rings. The molecule has 0 saturated carbocycles. The van der Waals surface area contributed by atoms with Crippen molar-refractivity contribution < 1.29 is 32.6 Å². The lowest BCUT2D eigenvalue weighted by Crippen LogP contribution is -2.47. The minimum Gasteiger partial charge on any atom is -0.482 e. The van der Waals surface area contributed by atoms with Crippen molar-refractivity contribution in [3.05, 3.63) is 23.2 Å². The molecule has 0 spiro atoms. The zero-order valence-electron chi connectivity index (χ0n) is 13.8. The van der Waals surface area contributed by atoms with Crippen molar-refractivity contribution in [2.24, 2.45) is 11.8 Å². The number of urea groups is 1. The average Bonchev–Trinajstić information content (AvgIpc) is 2.53. The summed E-state index contributed by atoms with van der Waals surface area (Å²) in [7, 11) is 0. The van der Waals surface area contributed by atoms with Crippen LogP contribution in [0.5, 0.6) is 5.75 Å². The minimum absolute atomic E-state index is 0.0123. The summed E-state index contributed by atoms with van der Waals surface area (Å²) in [5, 5.41) is 11.8. The molecule has 0 radical (unpaired) electrons. The van der Waals surface area contributed by atoms with E-state index in [1.807, 2.05) is 6.92 Å². The third-order valence-corrected chi connectivity index (χ3v) is 4.11. The van der Waals surface area contributed by atoms with Crippen molar-refractivity contribution >= 4 is 29.3 Å². The molecular weight excluding hydrogens is 377 g/mol. The van der Waals surface area contributed by atoms with E-state index in [-0.39, 0.29) is 28.9 Å². The largest absolute Gasteiger partial charge is 0.482 e. The SMILES string of the molecule is CC1CC(C(=O)O)CN(C(=O)Nc2ccc(Cl)cc2OCC(F)(F)F)C1. The molecular formula is C16H18ClF3N2O4. The van der Waals surface area contributed by atoms with Crippen LogP contribution in [-0.4, -0.2) is 47.9 Å². The number of hydrogen-bond acceptors (Lipinski definition) is 3. The maximum Gasteiger partial charge on any atom is 0.422 e. The number of nitrogens with zero attached hydrogens (tertiary/aromatic N) is 1. The number of aliphatic carboxylic acids is 1. The number of benzene rings is 1. The van der Waals surface area contributed by atoms with Crippen LogP contribution in [0.1, 0.15) is 13.3 Å². The monoisotopic (exact) mass is 394 g/mol. The van der Waals surface area contributed by atoms with Crippen LogP contribution in [0.2, 0.25) is 5.02 Å². The highest BCUT2D eigenvalue weighted by Gasteiger charge is 2.32. The van der Waals surface area contributed by atoms with Gasteiger partial charge in [0.1, 0.15) is 5.75 Å². The standard InChI is InChI=1S/C16H18ClF3N2O4/c1-9-4-10(14(23)24)7-22(6-9)15(25)21-12-3-2-11(17)5-13(12)26-8-16(18,19)20/h2-3,5,9-10H,4,6-8H2,1H3,(H,21,25)(H,23,24). The van der Waals surface area contributed by atoms with Gasteiger partial charge in [-0.1, -0.05) is 18.5 Å². The molecule has 2 atom stereocenters. The van der Waals surface area contributed by atoms with Gasteiger partial charge in [-0.2, -0.15) is 13.2 Å². The maximum atomic E-state index is 12.4. The summed E-state index contributed by atoms with van der Waals surface area (Å²) in [6.45, 7) is 0.674. The number of alkyl halides is 3. The van der Waals surface area contributed by atoms with Crippen LogP contribution in [0.25, 0.3) is 0 Å². The number of likely N-dealkylation sites (tertiary alicyclic amines) is 1. The first kappa shape index (κ1) is 20.2. The Balaban J connectivity index is 2.11. The van der Waals surface area contributed by atoms with E-state index in [0.717, 1.165) is 0 Å². The van der Waals surface area contributed by atoms with Crippen molar-refractivity contribution in [2.75, 3.05) is 25.0 Å². The van der Waals surface area contributed by atoms with Crippen LogP contribution in [0.15, 0.2) is 18.2 Å². The lowest BCUT2D eigenvalue weighted by molar-refractivity contribution is -0.153. The summed E-state index contributed by atoms with van der Waals surface area (Å²) in [5.74, 6) is -1.91. The van der Waals surface area contributed by atoms with Gasteiger partial charge in [-0.3, -0.25) is 4.79 Å². The second kappa shape index (κ2) is 8.03. The van der Waals surface area contributed by atoms with Crippen LogP contribution in [-0.2, 0) is 4.79 Å².